The number of allylic oxidation sites excluding steroid dienone is 5. The summed E-state index contributed by atoms with van der Waals surface area (Å²) in [5.41, 5.74) is 1.84. The standard InChI is InChI=1S/C14H19NO/c1-4-13(6-5-12(2)3)14(11-15)7-9-16-10-8-14/h4-6H,1,7-10H2,2-3H3/b13-6+. The molecule has 1 heterocycles. The fraction of sp³-hybridized carbons (Fsp3) is 0.500. The second-order valence-electron chi connectivity index (χ2n) is 4.38. The predicted octanol–water partition coefficient (Wildman–Crippen LogP) is 3.39. The minimum absolute atomic E-state index is 0.397. The van der Waals surface area contributed by atoms with Crippen molar-refractivity contribution in [3.8, 4) is 6.07 Å². The first kappa shape index (κ1) is 12.7. The van der Waals surface area contributed by atoms with Crippen LogP contribution in [0.4, 0.5) is 0 Å². The molecule has 2 nitrogen and oxygen atoms in total. The highest BCUT2D eigenvalue weighted by Gasteiger charge is 2.34. The van der Waals surface area contributed by atoms with Crippen LogP contribution in [0.15, 0.2) is 36.0 Å². The number of hydrogen-bond acceptors (Lipinski definition) is 2. The summed E-state index contributed by atoms with van der Waals surface area (Å²) in [4.78, 5) is 0. The molecule has 0 radical (unpaired) electrons. The molecule has 1 aliphatic rings. The molecule has 16 heavy (non-hydrogen) atoms. The summed E-state index contributed by atoms with van der Waals surface area (Å²) < 4.78 is 5.32. The molecular weight excluding hydrogens is 198 g/mol. The average molecular weight is 217 g/mol. The average Bonchev–Trinajstić information content (AvgIpc) is 2.30. The van der Waals surface area contributed by atoms with Gasteiger partial charge in [-0.25, -0.2) is 0 Å². The summed E-state index contributed by atoms with van der Waals surface area (Å²) in [6.45, 7) is 9.22. The van der Waals surface area contributed by atoms with Crippen LogP contribution in [0.5, 0.6) is 0 Å². The summed E-state index contributed by atoms with van der Waals surface area (Å²) in [5.74, 6) is 0. The molecule has 1 fully saturated rings. The molecule has 0 spiro atoms. The van der Waals surface area contributed by atoms with Crippen LogP contribution in [-0.2, 0) is 4.74 Å². The zero-order valence-corrected chi connectivity index (χ0v) is 10.1. The smallest absolute Gasteiger partial charge is 0.0865 e. The molecule has 1 saturated heterocycles. The maximum Gasteiger partial charge on any atom is 0.0865 e. The van der Waals surface area contributed by atoms with Crippen molar-refractivity contribution >= 4 is 0 Å². The summed E-state index contributed by atoms with van der Waals surface area (Å²) in [5, 5.41) is 9.39. The van der Waals surface area contributed by atoms with Crippen LogP contribution >= 0.6 is 0 Å². The van der Waals surface area contributed by atoms with Gasteiger partial charge in [-0.2, -0.15) is 5.26 Å². The number of rotatable bonds is 3. The van der Waals surface area contributed by atoms with Gasteiger partial charge in [0.25, 0.3) is 0 Å². The Labute approximate surface area is 97.9 Å². The van der Waals surface area contributed by atoms with Crippen molar-refractivity contribution < 1.29 is 4.74 Å². The molecule has 0 aromatic rings. The van der Waals surface area contributed by atoms with Crippen LogP contribution in [-0.4, -0.2) is 13.2 Å². The first-order valence-electron chi connectivity index (χ1n) is 5.62. The fourth-order valence-corrected chi connectivity index (χ4v) is 1.86. The maximum atomic E-state index is 9.39. The van der Waals surface area contributed by atoms with Gasteiger partial charge in [0, 0.05) is 13.2 Å². The normalized spacial score (nSPS) is 19.7. The van der Waals surface area contributed by atoms with E-state index >= 15 is 0 Å². The molecule has 0 aliphatic carbocycles. The van der Waals surface area contributed by atoms with Gasteiger partial charge in [0.05, 0.1) is 11.5 Å². The SMILES string of the molecule is C=C/C(=C\C=C(C)C)C1(C#N)CCOCC1. The van der Waals surface area contributed by atoms with Crippen LogP contribution < -0.4 is 0 Å². The largest absolute Gasteiger partial charge is 0.381 e. The van der Waals surface area contributed by atoms with Crippen LogP contribution in [0.25, 0.3) is 0 Å². The van der Waals surface area contributed by atoms with Crippen molar-refractivity contribution in [3.05, 3.63) is 36.0 Å². The molecule has 0 atom stereocenters. The molecule has 2 heteroatoms. The van der Waals surface area contributed by atoms with E-state index in [-0.39, 0.29) is 0 Å². The van der Waals surface area contributed by atoms with Crippen molar-refractivity contribution in [1.82, 2.24) is 0 Å². The second-order valence-corrected chi connectivity index (χ2v) is 4.38. The van der Waals surface area contributed by atoms with Gasteiger partial charge in [0.2, 0.25) is 0 Å². The van der Waals surface area contributed by atoms with E-state index in [0.717, 1.165) is 18.4 Å². The highest BCUT2D eigenvalue weighted by atomic mass is 16.5. The van der Waals surface area contributed by atoms with Gasteiger partial charge in [0.1, 0.15) is 0 Å². The van der Waals surface area contributed by atoms with E-state index in [9.17, 15) is 5.26 Å². The number of ether oxygens (including phenoxy) is 1. The Hall–Kier alpha value is -1.33. The van der Waals surface area contributed by atoms with Gasteiger partial charge >= 0.3 is 0 Å². The molecule has 0 bridgehead atoms. The fourth-order valence-electron chi connectivity index (χ4n) is 1.86. The Morgan fingerprint density at radius 1 is 1.31 bits per heavy atom. The van der Waals surface area contributed by atoms with Gasteiger partial charge in [-0.05, 0) is 32.3 Å². The molecule has 0 aromatic heterocycles. The zero-order valence-electron chi connectivity index (χ0n) is 10.1. The molecule has 1 rings (SSSR count). The molecule has 0 aromatic carbocycles. The summed E-state index contributed by atoms with van der Waals surface area (Å²) >= 11 is 0. The lowest BCUT2D eigenvalue weighted by molar-refractivity contribution is 0.0553. The third kappa shape index (κ3) is 2.84. The first-order valence-corrected chi connectivity index (χ1v) is 5.62. The highest BCUT2D eigenvalue weighted by Crippen LogP contribution is 2.38. The maximum absolute atomic E-state index is 9.39. The molecule has 0 saturated carbocycles. The topological polar surface area (TPSA) is 33.0 Å². The van der Waals surface area contributed by atoms with E-state index in [1.54, 1.807) is 6.08 Å². The van der Waals surface area contributed by atoms with Crippen molar-refractivity contribution in [2.45, 2.75) is 26.7 Å². The molecular formula is C14H19NO. The molecule has 0 unspecified atom stereocenters. The highest BCUT2D eigenvalue weighted by molar-refractivity contribution is 5.35. The Bertz CT molecular complexity index is 347. The summed E-state index contributed by atoms with van der Waals surface area (Å²) in [7, 11) is 0. The van der Waals surface area contributed by atoms with E-state index < -0.39 is 5.41 Å². The van der Waals surface area contributed by atoms with Gasteiger partial charge < -0.3 is 4.74 Å². The first-order chi connectivity index (χ1) is 7.64. The summed E-state index contributed by atoms with van der Waals surface area (Å²) in [6.07, 6.45) is 7.37. The van der Waals surface area contributed by atoms with E-state index in [2.05, 4.69) is 12.6 Å². The predicted molar refractivity (Wildman–Crippen MR) is 65.8 cm³/mol. The minimum atomic E-state index is -0.397. The molecule has 86 valence electrons. The Morgan fingerprint density at radius 3 is 2.38 bits per heavy atom. The number of hydrogen-bond donors (Lipinski definition) is 0. The van der Waals surface area contributed by atoms with Crippen LogP contribution in [0, 0.1) is 16.7 Å². The van der Waals surface area contributed by atoms with Crippen LogP contribution in [0.3, 0.4) is 0 Å². The Balaban J connectivity index is 3.01. The molecule has 0 amide bonds. The van der Waals surface area contributed by atoms with Crippen molar-refractivity contribution in [2.75, 3.05) is 13.2 Å². The quantitative estimate of drug-likeness (QED) is 0.679. The van der Waals surface area contributed by atoms with Gasteiger partial charge in [-0.15, -0.1) is 0 Å². The third-order valence-corrected chi connectivity index (χ3v) is 2.93. The van der Waals surface area contributed by atoms with Crippen LogP contribution in [0.2, 0.25) is 0 Å². The lowest BCUT2D eigenvalue weighted by atomic mass is 9.75. The van der Waals surface area contributed by atoms with E-state index in [1.807, 2.05) is 26.0 Å². The second kappa shape index (κ2) is 5.67. The van der Waals surface area contributed by atoms with Gasteiger partial charge in [-0.1, -0.05) is 30.4 Å². The Morgan fingerprint density at radius 2 is 1.94 bits per heavy atom. The zero-order chi connectivity index (χ0) is 12.0. The molecule has 1 aliphatic heterocycles. The van der Waals surface area contributed by atoms with Crippen molar-refractivity contribution in [1.29, 1.82) is 5.26 Å². The number of nitrogens with zero attached hydrogens (tertiary/aromatic N) is 1. The lowest BCUT2D eigenvalue weighted by Gasteiger charge is -2.31. The van der Waals surface area contributed by atoms with E-state index in [1.165, 1.54) is 5.57 Å². The van der Waals surface area contributed by atoms with Crippen LogP contribution in [0.1, 0.15) is 26.7 Å². The monoisotopic (exact) mass is 217 g/mol. The third-order valence-electron chi connectivity index (χ3n) is 2.93. The van der Waals surface area contributed by atoms with E-state index in [0.29, 0.717) is 13.2 Å². The van der Waals surface area contributed by atoms with Crippen molar-refractivity contribution in [3.63, 3.8) is 0 Å². The molecule has 0 N–H and O–H groups in total. The van der Waals surface area contributed by atoms with Crippen molar-refractivity contribution in [2.24, 2.45) is 5.41 Å². The van der Waals surface area contributed by atoms with E-state index in [4.69, 9.17) is 4.74 Å². The Kier molecular flexibility index (Phi) is 4.52. The van der Waals surface area contributed by atoms with Gasteiger partial charge in [-0.3, -0.25) is 0 Å². The lowest BCUT2D eigenvalue weighted by Crippen LogP contribution is -2.29. The minimum Gasteiger partial charge on any atom is -0.381 e. The summed E-state index contributed by atoms with van der Waals surface area (Å²) in [6, 6.07) is 2.44. The van der Waals surface area contributed by atoms with Gasteiger partial charge in [0.15, 0.2) is 0 Å². The number of nitriles is 1.